The predicted molar refractivity (Wildman–Crippen MR) is 124 cm³/mol. The number of β-amino-alcohol motifs (C(OH)–C–C–N with tert-alkyl or cyclic N) is 1. The second-order valence-electron chi connectivity index (χ2n) is 8.46. The Morgan fingerprint density at radius 1 is 0.794 bits per heavy atom. The number of aliphatic hydroxyl groups excluding tert-OH is 1. The predicted octanol–water partition coefficient (Wildman–Crippen LogP) is 3.52. The molecule has 0 aromatic heterocycles. The molecular weight excluding hydrogens is 442 g/mol. The number of benzene rings is 3. The molecule has 0 radical (unpaired) electrons. The summed E-state index contributed by atoms with van der Waals surface area (Å²) >= 11 is 0. The minimum Gasteiger partial charge on any atom is -0.508 e. The monoisotopic (exact) mass is 470 g/mol. The Hall–Kier alpha value is -3.20. The number of nitrogens with zero attached hydrogens (tertiary/aromatic N) is 2. The van der Waals surface area contributed by atoms with Crippen LogP contribution in [0.1, 0.15) is 17.2 Å². The first-order valence-electron chi connectivity index (χ1n) is 11.2. The van der Waals surface area contributed by atoms with Gasteiger partial charge in [-0.15, -0.1) is 0 Å². The van der Waals surface area contributed by atoms with Gasteiger partial charge in [0.2, 0.25) is 0 Å². The summed E-state index contributed by atoms with van der Waals surface area (Å²) < 4.78 is 32.5. The summed E-state index contributed by atoms with van der Waals surface area (Å²) in [7, 11) is 0. The van der Waals surface area contributed by atoms with Crippen molar-refractivity contribution in [3.8, 4) is 17.2 Å². The highest BCUT2D eigenvalue weighted by molar-refractivity contribution is 5.43. The fourth-order valence-electron chi connectivity index (χ4n) is 4.26. The lowest BCUT2D eigenvalue weighted by Crippen LogP contribution is -2.50. The molecule has 0 spiro atoms. The number of phenols is 2. The van der Waals surface area contributed by atoms with Crippen LogP contribution in [0.4, 0.5) is 8.78 Å². The molecule has 3 aromatic rings. The molecule has 0 aliphatic carbocycles. The smallest absolute Gasteiger partial charge is 0.164 e. The third-order valence-corrected chi connectivity index (χ3v) is 5.99. The summed E-state index contributed by atoms with van der Waals surface area (Å²) in [5.41, 5.74) is 1.86. The van der Waals surface area contributed by atoms with Crippen LogP contribution in [0.25, 0.3) is 0 Å². The number of aromatic hydroxyl groups is 2. The molecule has 1 aliphatic rings. The zero-order chi connectivity index (χ0) is 24.1. The van der Waals surface area contributed by atoms with Gasteiger partial charge in [-0.05, 0) is 47.5 Å². The van der Waals surface area contributed by atoms with Crippen LogP contribution in [0.3, 0.4) is 0 Å². The van der Waals surface area contributed by atoms with Gasteiger partial charge in [0.1, 0.15) is 30.1 Å². The van der Waals surface area contributed by atoms with E-state index >= 15 is 0 Å². The van der Waals surface area contributed by atoms with E-state index in [4.69, 9.17) is 4.74 Å². The van der Waals surface area contributed by atoms with Crippen molar-refractivity contribution in [1.82, 2.24) is 9.80 Å². The van der Waals surface area contributed by atoms with Crippen molar-refractivity contribution in [1.29, 1.82) is 0 Å². The molecule has 0 saturated carbocycles. The van der Waals surface area contributed by atoms with Crippen LogP contribution >= 0.6 is 0 Å². The fraction of sp³-hybridized carbons (Fsp3) is 0.308. The van der Waals surface area contributed by atoms with Crippen LogP contribution in [0.2, 0.25) is 0 Å². The van der Waals surface area contributed by atoms with E-state index in [-0.39, 0.29) is 41.5 Å². The molecule has 0 bridgehead atoms. The van der Waals surface area contributed by atoms with Crippen molar-refractivity contribution in [2.24, 2.45) is 0 Å². The number of hydrogen-bond acceptors (Lipinski definition) is 6. The number of rotatable bonds is 8. The number of phenolic OH excluding ortho intramolecular Hbond substituents is 2. The SMILES string of the molecule is Oc1ccc(O)c(OCC(O)CN2CCN(C(c3ccc(F)cc3)c3ccc(F)cc3)CC2)c1. The second kappa shape index (κ2) is 10.8. The van der Waals surface area contributed by atoms with Gasteiger partial charge in [-0.25, -0.2) is 8.78 Å². The highest BCUT2D eigenvalue weighted by Gasteiger charge is 2.27. The zero-order valence-corrected chi connectivity index (χ0v) is 18.6. The minimum atomic E-state index is -0.779. The number of aliphatic hydroxyl groups is 1. The summed E-state index contributed by atoms with van der Waals surface area (Å²) in [5, 5.41) is 29.7. The van der Waals surface area contributed by atoms with E-state index in [1.807, 2.05) is 0 Å². The highest BCUT2D eigenvalue weighted by atomic mass is 19.1. The first-order valence-corrected chi connectivity index (χ1v) is 11.2. The standard InChI is InChI=1S/C26H28F2N2O4/c27-20-5-1-18(2-6-20)26(19-3-7-21(28)8-4-19)30-13-11-29(12-14-30)16-23(32)17-34-25-15-22(31)9-10-24(25)33/h1-10,15,23,26,31-33H,11-14,16-17H2. The summed E-state index contributed by atoms with van der Waals surface area (Å²) in [4.78, 5) is 4.39. The number of hydrogen-bond donors (Lipinski definition) is 3. The largest absolute Gasteiger partial charge is 0.508 e. The van der Waals surface area contributed by atoms with Gasteiger partial charge in [-0.1, -0.05) is 24.3 Å². The van der Waals surface area contributed by atoms with E-state index in [2.05, 4.69) is 9.80 Å². The molecule has 34 heavy (non-hydrogen) atoms. The summed E-state index contributed by atoms with van der Waals surface area (Å²) in [6.07, 6.45) is -0.779. The average molecular weight is 471 g/mol. The molecule has 1 atom stereocenters. The van der Waals surface area contributed by atoms with E-state index in [0.717, 1.165) is 11.1 Å². The first-order chi connectivity index (χ1) is 16.4. The number of ether oxygens (including phenoxy) is 1. The molecule has 8 heteroatoms. The van der Waals surface area contributed by atoms with Crippen molar-refractivity contribution in [2.75, 3.05) is 39.3 Å². The van der Waals surface area contributed by atoms with E-state index in [1.165, 1.54) is 42.5 Å². The first kappa shape index (κ1) is 23.9. The topological polar surface area (TPSA) is 76.4 Å². The Morgan fingerprint density at radius 2 is 1.35 bits per heavy atom. The van der Waals surface area contributed by atoms with E-state index in [1.54, 1.807) is 24.3 Å². The van der Waals surface area contributed by atoms with Crippen LogP contribution in [-0.2, 0) is 0 Å². The number of piperazine rings is 1. The van der Waals surface area contributed by atoms with Gasteiger partial charge in [0.25, 0.3) is 0 Å². The zero-order valence-electron chi connectivity index (χ0n) is 18.6. The van der Waals surface area contributed by atoms with E-state index < -0.39 is 6.10 Å². The molecule has 3 aromatic carbocycles. The minimum absolute atomic E-state index is 0.0228. The van der Waals surface area contributed by atoms with Crippen LogP contribution in [0, 0.1) is 11.6 Å². The van der Waals surface area contributed by atoms with E-state index in [9.17, 15) is 24.1 Å². The van der Waals surface area contributed by atoms with Gasteiger partial charge in [-0.3, -0.25) is 9.80 Å². The summed E-state index contributed by atoms with van der Waals surface area (Å²) in [6, 6.07) is 16.6. The summed E-state index contributed by atoms with van der Waals surface area (Å²) in [5.74, 6) is -0.629. The molecule has 0 amide bonds. The molecule has 1 heterocycles. The van der Waals surface area contributed by atoms with Crippen molar-refractivity contribution in [3.63, 3.8) is 0 Å². The summed E-state index contributed by atoms with van der Waals surface area (Å²) in [6.45, 7) is 3.19. The quantitative estimate of drug-likeness (QED) is 0.438. The Labute approximate surface area is 197 Å². The van der Waals surface area contributed by atoms with Gasteiger partial charge in [0.15, 0.2) is 11.5 Å². The Bertz CT molecular complexity index is 1030. The molecule has 1 saturated heterocycles. The lowest BCUT2D eigenvalue weighted by atomic mass is 9.96. The number of halogens is 2. The van der Waals surface area contributed by atoms with Crippen molar-refractivity contribution in [3.05, 3.63) is 89.5 Å². The highest BCUT2D eigenvalue weighted by Crippen LogP contribution is 2.31. The van der Waals surface area contributed by atoms with Gasteiger partial charge in [0.05, 0.1) is 6.04 Å². The lowest BCUT2D eigenvalue weighted by Gasteiger charge is -2.40. The Morgan fingerprint density at radius 3 is 1.91 bits per heavy atom. The average Bonchev–Trinajstić information content (AvgIpc) is 2.83. The third-order valence-electron chi connectivity index (χ3n) is 5.99. The molecule has 1 fully saturated rings. The maximum Gasteiger partial charge on any atom is 0.164 e. The molecule has 180 valence electrons. The molecule has 6 nitrogen and oxygen atoms in total. The van der Waals surface area contributed by atoms with E-state index in [0.29, 0.717) is 32.7 Å². The van der Waals surface area contributed by atoms with Gasteiger partial charge < -0.3 is 20.1 Å². The lowest BCUT2D eigenvalue weighted by molar-refractivity contribution is 0.0395. The molecule has 1 unspecified atom stereocenters. The Balaban J connectivity index is 1.36. The van der Waals surface area contributed by atoms with Gasteiger partial charge >= 0.3 is 0 Å². The molecule has 3 N–H and O–H groups in total. The van der Waals surface area contributed by atoms with Crippen LogP contribution < -0.4 is 4.74 Å². The molecular formula is C26H28F2N2O4. The second-order valence-corrected chi connectivity index (χ2v) is 8.46. The van der Waals surface area contributed by atoms with Crippen LogP contribution in [-0.4, -0.2) is 70.6 Å². The molecule has 4 rings (SSSR count). The van der Waals surface area contributed by atoms with Crippen molar-refractivity contribution >= 4 is 0 Å². The Kier molecular flexibility index (Phi) is 7.62. The fourth-order valence-corrected chi connectivity index (χ4v) is 4.26. The maximum atomic E-state index is 13.5. The van der Waals surface area contributed by atoms with Gasteiger partial charge in [0, 0.05) is 38.8 Å². The van der Waals surface area contributed by atoms with Crippen LogP contribution in [0.15, 0.2) is 66.7 Å². The molecule has 1 aliphatic heterocycles. The van der Waals surface area contributed by atoms with Gasteiger partial charge in [-0.2, -0.15) is 0 Å². The third kappa shape index (κ3) is 6.02. The normalized spacial score (nSPS) is 16.0. The van der Waals surface area contributed by atoms with Crippen molar-refractivity contribution < 1.29 is 28.8 Å². The van der Waals surface area contributed by atoms with Crippen molar-refractivity contribution in [2.45, 2.75) is 12.1 Å². The maximum absolute atomic E-state index is 13.5. The van der Waals surface area contributed by atoms with Crippen LogP contribution in [0.5, 0.6) is 17.2 Å².